The molecule has 5 heteroatoms. The van der Waals surface area contributed by atoms with E-state index in [0.29, 0.717) is 6.54 Å². The first-order valence-corrected chi connectivity index (χ1v) is 5.14. The molecular formula is C8H14Cl2N2S. The molecule has 0 unspecified atom stereocenters. The Morgan fingerprint density at radius 1 is 1.46 bits per heavy atom. The molecule has 0 saturated heterocycles. The normalized spacial score (nSPS) is 12.2. The van der Waals surface area contributed by atoms with Crippen molar-refractivity contribution < 1.29 is 0 Å². The molecule has 1 aromatic rings. The third-order valence-electron chi connectivity index (χ3n) is 1.68. The fourth-order valence-electron chi connectivity index (χ4n) is 1.01. The maximum atomic E-state index is 5.89. The van der Waals surface area contributed by atoms with Gasteiger partial charge in [0.1, 0.15) is 0 Å². The summed E-state index contributed by atoms with van der Waals surface area (Å²) in [7, 11) is 0. The Kier molecular flexibility index (Phi) is 6.73. The average Bonchev–Trinajstić information content (AvgIpc) is 2.47. The molecule has 0 saturated carbocycles. The molecular weight excluding hydrogens is 227 g/mol. The first-order chi connectivity index (χ1) is 5.74. The largest absolute Gasteiger partial charge is 0.330 e. The fraction of sp³-hybridized carbons (Fsp3) is 0.500. The Morgan fingerprint density at radius 3 is 2.62 bits per heavy atom. The molecule has 0 radical (unpaired) electrons. The zero-order valence-corrected chi connectivity index (χ0v) is 9.59. The smallest absolute Gasteiger partial charge is 0.0931 e. The zero-order valence-electron chi connectivity index (χ0n) is 7.20. The number of hydrogen-bond acceptors (Lipinski definition) is 3. The van der Waals surface area contributed by atoms with E-state index in [2.05, 4.69) is 0 Å². The molecule has 1 heterocycles. The van der Waals surface area contributed by atoms with Gasteiger partial charge in [0.05, 0.1) is 4.34 Å². The lowest BCUT2D eigenvalue weighted by Crippen LogP contribution is -2.10. The van der Waals surface area contributed by atoms with Crippen LogP contribution in [0.4, 0.5) is 0 Å². The second-order valence-electron chi connectivity index (χ2n) is 2.68. The van der Waals surface area contributed by atoms with Crippen LogP contribution in [0.3, 0.4) is 0 Å². The molecule has 1 aromatic heterocycles. The molecule has 76 valence electrons. The number of hydrogen-bond donors (Lipinski definition) is 2. The van der Waals surface area contributed by atoms with Gasteiger partial charge in [0.25, 0.3) is 0 Å². The minimum Gasteiger partial charge on any atom is -0.330 e. The minimum atomic E-state index is 0. The van der Waals surface area contributed by atoms with Crippen LogP contribution in [0.2, 0.25) is 4.34 Å². The maximum Gasteiger partial charge on any atom is 0.0931 e. The lowest BCUT2D eigenvalue weighted by molar-refractivity contribution is 0.626. The molecule has 0 aliphatic rings. The standard InChI is InChI=1S/C8H13ClN2S.ClH/c9-8-4-3-7(12-8)6(11)2-1-5-10;/h3-4,6H,1-2,5,10-11H2;1H/t6-;/m0./s1. The summed E-state index contributed by atoms with van der Waals surface area (Å²) >= 11 is 7.32. The van der Waals surface area contributed by atoms with E-state index in [1.165, 1.54) is 0 Å². The van der Waals surface area contributed by atoms with Crippen molar-refractivity contribution in [3.8, 4) is 0 Å². The number of rotatable bonds is 4. The molecule has 0 amide bonds. The molecule has 1 rings (SSSR count). The van der Waals surface area contributed by atoms with E-state index in [0.717, 1.165) is 22.1 Å². The van der Waals surface area contributed by atoms with Crippen molar-refractivity contribution in [3.63, 3.8) is 0 Å². The molecule has 13 heavy (non-hydrogen) atoms. The van der Waals surface area contributed by atoms with Crippen LogP contribution in [-0.4, -0.2) is 6.54 Å². The first kappa shape index (κ1) is 13.2. The summed E-state index contributed by atoms with van der Waals surface area (Å²) in [6.07, 6.45) is 1.91. The van der Waals surface area contributed by atoms with E-state index in [4.69, 9.17) is 23.1 Å². The van der Waals surface area contributed by atoms with Gasteiger partial charge in [-0.1, -0.05) is 11.6 Å². The molecule has 0 bridgehead atoms. The molecule has 0 aromatic carbocycles. The minimum absolute atomic E-state index is 0. The van der Waals surface area contributed by atoms with E-state index < -0.39 is 0 Å². The van der Waals surface area contributed by atoms with E-state index in [1.54, 1.807) is 11.3 Å². The average molecular weight is 241 g/mol. The van der Waals surface area contributed by atoms with Gasteiger partial charge in [-0.3, -0.25) is 0 Å². The highest BCUT2D eigenvalue weighted by Gasteiger charge is 2.07. The number of nitrogens with two attached hydrogens (primary N) is 2. The van der Waals surface area contributed by atoms with Crippen molar-refractivity contribution in [1.82, 2.24) is 0 Å². The summed E-state index contributed by atoms with van der Waals surface area (Å²) in [5.74, 6) is 0. The molecule has 0 aliphatic carbocycles. The highest BCUT2D eigenvalue weighted by atomic mass is 35.5. The van der Waals surface area contributed by atoms with E-state index in [-0.39, 0.29) is 18.4 Å². The van der Waals surface area contributed by atoms with Crippen molar-refractivity contribution in [3.05, 3.63) is 21.3 Å². The van der Waals surface area contributed by atoms with Gasteiger partial charge in [-0.05, 0) is 31.5 Å². The van der Waals surface area contributed by atoms with Crippen LogP contribution in [0, 0.1) is 0 Å². The Morgan fingerprint density at radius 2 is 2.15 bits per heavy atom. The van der Waals surface area contributed by atoms with Crippen molar-refractivity contribution in [1.29, 1.82) is 0 Å². The third kappa shape index (κ3) is 4.29. The van der Waals surface area contributed by atoms with Crippen LogP contribution in [-0.2, 0) is 0 Å². The van der Waals surface area contributed by atoms with E-state index in [9.17, 15) is 0 Å². The summed E-state index contributed by atoms with van der Waals surface area (Å²) in [5, 5.41) is 0. The monoisotopic (exact) mass is 240 g/mol. The summed E-state index contributed by atoms with van der Waals surface area (Å²) < 4.78 is 0.799. The highest BCUT2D eigenvalue weighted by molar-refractivity contribution is 7.16. The summed E-state index contributed by atoms with van der Waals surface area (Å²) in [5.41, 5.74) is 11.3. The quantitative estimate of drug-likeness (QED) is 0.851. The van der Waals surface area contributed by atoms with Crippen molar-refractivity contribution in [2.45, 2.75) is 18.9 Å². The second kappa shape index (κ2) is 6.62. The number of thiophene rings is 1. The Balaban J connectivity index is 0.00000144. The molecule has 0 fully saturated rings. The van der Waals surface area contributed by atoms with Crippen LogP contribution >= 0.6 is 35.3 Å². The molecule has 0 aliphatic heterocycles. The van der Waals surface area contributed by atoms with E-state index in [1.807, 2.05) is 12.1 Å². The molecule has 0 spiro atoms. The lowest BCUT2D eigenvalue weighted by atomic mass is 10.1. The van der Waals surface area contributed by atoms with Gasteiger partial charge in [-0.2, -0.15) is 0 Å². The number of halogens is 2. The van der Waals surface area contributed by atoms with Gasteiger partial charge in [0.2, 0.25) is 0 Å². The summed E-state index contributed by atoms with van der Waals surface area (Å²) in [6, 6.07) is 3.96. The van der Waals surface area contributed by atoms with Crippen molar-refractivity contribution in [2.24, 2.45) is 11.5 Å². The summed E-state index contributed by atoms with van der Waals surface area (Å²) in [6.45, 7) is 0.701. The SMILES string of the molecule is Cl.NCCC[C@H](N)c1ccc(Cl)s1. The Hall–Kier alpha value is 0.200. The van der Waals surface area contributed by atoms with Gasteiger partial charge in [-0.25, -0.2) is 0 Å². The second-order valence-corrected chi connectivity index (χ2v) is 4.43. The zero-order chi connectivity index (χ0) is 8.97. The van der Waals surface area contributed by atoms with Crippen LogP contribution < -0.4 is 11.5 Å². The van der Waals surface area contributed by atoms with Crippen LogP contribution in [0.1, 0.15) is 23.8 Å². The maximum absolute atomic E-state index is 5.89. The van der Waals surface area contributed by atoms with Gasteiger partial charge >= 0.3 is 0 Å². The van der Waals surface area contributed by atoms with Crippen LogP contribution in [0.5, 0.6) is 0 Å². The highest BCUT2D eigenvalue weighted by Crippen LogP contribution is 2.27. The molecule has 2 nitrogen and oxygen atoms in total. The predicted octanol–water partition coefficient (Wildman–Crippen LogP) is 2.56. The topological polar surface area (TPSA) is 52.0 Å². The van der Waals surface area contributed by atoms with Crippen molar-refractivity contribution >= 4 is 35.3 Å². The van der Waals surface area contributed by atoms with Gasteiger partial charge in [0.15, 0.2) is 0 Å². The lowest BCUT2D eigenvalue weighted by Gasteiger charge is -2.07. The Bertz CT molecular complexity index is 240. The summed E-state index contributed by atoms with van der Waals surface area (Å²) in [4.78, 5) is 1.15. The predicted molar refractivity (Wildman–Crippen MR) is 61.8 cm³/mol. The molecule has 1 atom stereocenters. The van der Waals surface area contributed by atoms with Gasteiger partial charge < -0.3 is 11.5 Å². The van der Waals surface area contributed by atoms with Crippen molar-refractivity contribution in [2.75, 3.05) is 6.54 Å². The first-order valence-electron chi connectivity index (χ1n) is 3.95. The van der Waals surface area contributed by atoms with Crippen LogP contribution in [0.25, 0.3) is 0 Å². The Labute approximate surface area is 93.7 Å². The van der Waals surface area contributed by atoms with Crippen LogP contribution in [0.15, 0.2) is 12.1 Å². The molecule has 4 N–H and O–H groups in total. The van der Waals surface area contributed by atoms with E-state index >= 15 is 0 Å². The van der Waals surface area contributed by atoms with Gasteiger partial charge in [-0.15, -0.1) is 23.7 Å². The fourth-order valence-corrected chi connectivity index (χ4v) is 2.10. The van der Waals surface area contributed by atoms with Gasteiger partial charge in [0, 0.05) is 10.9 Å². The third-order valence-corrected chi connectivity index (χ3v) is 3.04.